The Labute approximate surface area is 122 Å². The van der Waals surface area contributed by atoms with Crippen molar-refractivity contribution in [2.24, 2.45) is 10.7 Å². The van der Waals surface area contributed by atoms with Crippen LogP contribution in [0.2, 0.25) is 0 Å². The van der Waals surface area contributed by atoms with Gasteiger partial charge >= 0.3 is 0 Å². The largest absolute Gasteiger partial charge is 0.368 e. The summed E-state index contributed by atoms with van der Waals surface area (Å²) in [5.41, 5.74) is 9.34. The zero-order valence-corrected chi connectivity index (χ0v) is 11.9. The first kappa shape index (κ1) is 13.9. The van der Waals surface area contributed by atoms with Gasteiger partial charge in [0, 0.05) is 44.3 Å². The molecule has 5 nitrogen and oxygen atoms in total. The Morgan fingerprint density at radius 1 is 1.33 bits per heavy atom. The summed E-state index contributed by atoms with van der Waals surface area (Å²) in [6, 6.07) is 3.49. The number of fused-ring (bicyclic) bond motifs is 1. The lowest BCUT2D eigenvalue weighted by atomic mass is 10.0. The maximum absolute atomic E-state index is 13.5. The Balaban J connectivity index is 2.06. The fourth-order valence-electron chi connectivity index (χ4n) is 2.73. The zero-order valence-electron chi connectivity index (χ0n) is 11.9. The van der Waals surface area contributed by atoms with Crippen molar-refractivity contribution in [3.05, 3.63) is 30.1 Å². The van der Waals surface area contributed by atoms with E-state index in [2.05, 4.69) is 19.9 Å². The molecule has 1 fully saturated rings. The van der Waals surface area contributed by atoms with E-state index in [0.717, 1.165) is 22.3 Å². The molecule has 2 atom stereocenters. The first-order valence-electron chi connectivity index (χ1n) is 7.01. The maximum Gasteiger partial charge on any atom is 0.119 e. The molecule has 2 heterocycles. The normalized spacial score (nSPS) is 23.1. The molecule has 1 aliphatic heterocycles. The molecule has 2 aromatic rings. The average Bonchev–Trinajstić information content (AvgIpc) is 2.51. The fourth-order valence-corrected chi connectivity index (χ4v) is 2.73. The predicted molar refractivity (Wildman–Crippen MR) is 82.8 cm³/mol. The number of nitrogens with zero attached hydrogens (tertiary/aromatic N) is 4. The van der Waals surface area contributed by atoms with Gasteiger partial charge < -0.3 is 10.6 Å². The van der Waals surface area contributed by atoms with Gasteiger partial charge in [-0.25, -0.2) is 4.39 Å². The van der Waals surface area contributed by atoms with Crippen molar-refractivity contribution in [1.29, 1.82) is 0 Å². The van der Waals surface area contributed by atoms with Crippen LogP contribution in [0.15, 0.2) is 29.5 Å². The van der Waals surface area contributed by atoms with Gasteiger partial charge in [0.25, 0.3) is 0 Å². The van der Waals surface area contributed by atoms with Crippen LogP contribution in [-0.4, -0.2) is 48.5 Å². The minimum absolute atomic E-state index is 0.446. The first-order valence-corrected chi connectivity index (χ1v) is 7.01. The van der Waals surface area contributed by atoms with Crippen molar-refractivity contribution < 1.29 is 4.39 Å². The molecule has 1 aromatic carbocycles. The van der Waals surface area contributed by atoms with Gasteiger partial charge in [-0.2, -0.15) is 0 Å². The number of benzene rings is 1. The van der Waals surface area contributed by atoms with Crippen LogP contribution in [0.3, 0.4) is 0 Å². The number of hydrogen-bond donors (Lipinski definition) is 1. The second kappa shape index (κ2) is 5.73. The van der Waals surface area contributed by atoms with Crippen molar-refractivity contribution >= 4 is 22.9 Å². The minimum Gasteiger partial charge on any atom is -0.368 e. The van der Waals surface area contributed by atoms with Crippen molar-refractivity contribution in [1.82, 2.24) is 9.97 Å². The standard InChI is InChI=1S/C15H18FN5/c1-18-8-10-2-3-13(15-14(10)19-5-6-20-15)21-7-4-11(16)12(17)9-21/h2-3,5-6,8,11-12H,4,7,9,17H2,1H3. The molecule has 2 N–H and O–H groups in total. The van der Waals surface area contributed by atoms with E-state index in [1.807, 2.05) is 12.1 Å². The highest BCUT2D eigenvalue weighted by molar-refractivity contribution is 6.01. The average molecular weight is 287 g/mol. The molecular weight excluding hydrogens is 269 g/mol. The fraction of sp³-hybridized carbons (Fsp3) is 0.400. The number of nitrogens with two attached hydrogens (primary N) is 1. The van der Waals surface area contributed by atoms with Gasteiger partial charge in [-0.15, -0.1) is 0 Å². The van der Waals surface area contributed by atoms with Crippen molar-refractivity contribution in [2.45, 2.75) is 18.6 Å². The highest BCUT2D eigenvalue weighted by atomic mass is 19.1. The number of anilines is 1. The maximum atomic E-state index is 13.5. The van der Waals surface area contributed by atoms with Crippen LogP contribution in [0.5, 0.6) is 0 Å². The summed E-state index contributed by atoms with van der Waals surface area (Å²) in [7, 11) is 1.72. The molecule has 0 spiro atoms. The van der Waals surface area contributed by atoms with Crippen LogP contribution >= 0.6 is 0 Å². The molecule has 0 aliphatic carbocycles. The molecular formula is C15H18FN5. The number of alkyl halides is 1. The van der Waals surface area contributed by atoms with Gasteiger partial charge in [0.1, 0.15) is 11.7 Å². The van der Waals surface area contributed by atoms with Crippen LogP contribution in [0.1, 0.15) is 12.0 Å². The second-order valence-corrected chi connectivity index (χ2v) is 5.23. The quantitative estimate of drug-likeness (QED) is 0.851. The van der Waals surface area contributed by atoms with E-state index in [9.17, 15) is 4.39 Å². The van der Waals surface area contributed by atoms with Gasteiger partial charge in [-0.05, 0) is 18.6 Å². The SMILES string of the molecule is CN=Cc1ccc(N2CCC(F)C(N)C2)c2nccnc12. The number of aliphatic imine (C=N–C) groups is 1. The Hall–Kier alpha value is -2.08. The van der Waals surface area contributed by atoms with Crippen LogP contribution in [0, 0.1) is 0 Å². The molecule has 1 aromatic heterocycles. The van der Waals surface area contributed by atoms with E-state index in [1.54, 1.807) is 25.7 Å². The molecule has 0 saturated carbocycles. The third-order valence-corrected chi connectivity index (χ3v) is 3.81. The number of hydrogen-bond acceptors (Lipinski definition) is 5. The van der Waals surface area contributed by atoms with Gasteiger partial charge in [0.15, 0.2) is 0 Å². The lowest BCUT2D eigenvalue weighted by Crippen LogP contribution is -2.49. The highest BCUT2D eigenvalue weighted by Gasteiger charge is 2.27. The molecule has 6 heteroatoms. The Kier molecular flexibility index (Phi) is 3.79. The minimum atomic E-state index is -0.926. The lowest BCUT2D eigenvalue weighted by Gasteiger charge is -2.35. The summed E-state index contributed by atoms with van der Waals surface area (Å²) < 4.78 is 13.5. The number of rotatable bonds is 2. The monoisotopic (exact) mass is 287 g/mol. The molecule has 1 aliphatic rings. The summed E-state index contributed by atoms with van der Waals surface area (Å²) in [5.74, 6) is 0. The summed E-state index contributed by atoms with van der Waals surface area (Å²) >= 11 is 0. The summed E-state index contributed by atoms with van der Waals surface area (Å²) in [4.78, 5) is 15.0. The topological polar surface area (TPSA) is 67.4 Å². The van der Waals surface area contributed by atoms with Gasteiger partial charge in [0.05, 0.1) is 17.2 Å². The zero-order chi connectivity index (χ0) is 14.8. The number of piperidine rings is 1. The van der Waals surface area contributed by atoms with Gasteiger partial charge in [-0.3, -0.25) is 15.0 Å². The van der Waals surface area contributed by atoms with E-state index in [0.29, 0.717) is 19.5 Å². The Bertz CT molecular complexity index is 672. The molecule has 0 bridgehead atoms. The van der Waals surface area contributed by atoms with E-state index in [1.165, 1.54) is 0 Å². The van der Waals surface area contributed by atoms with Crippen molar-refractivity contribution in [3.63, 3.8) is 0 Å². The lowest BCUT2D eigenvalue weighted by molar-refractivity contribution is 0.245. The second-order valence-electron chi connectivity index (χ2n) is 5.23. The van der Waals surface area contributed by atoms with Crippen LogP contribution in [-0.2, 0) is 0 Å². The van der Waals surface area contributed by atoms with Crippen molar-refractivity contribution in [3.8, 4) is 0 Å². The van der Waals surface area contributed by atoms with Crippen LogP contribution in [0.25, 0.3) is 11.0 Å². The molecule has 1 saturated heterocycles. The van der Waals surface area contributed by atoms with E-state index >= 15 is 0 Å². The number of halogens is 1. The van der Waals surface area contributed by atoms with Gasteiger partial charge in [-0.1, -0.05) is 0 Å². The first-order chi connectivity index (χ1) is 10.2. The van der Waals surface area contributed by atoms with Crippen LogP contribution < -0.4 is 10.6 Å². The van der Waals surface area contributed by atoms with E-state index < -0.39 is 12.2 Å². The number of aromatic nitrogens is 2. The third-order valence-electron chi connectivity index (χ3n) is 3.81. The molecule has 21 heavy (non-hydrogen) atoms. The van der Waals surface area contributed by atoms with E-state index in [4.69, 9.17) is 5.73 Å². The summed E-state index contributed by atoms with van der Waals surface area (Å²) in [6.07, 6.45) is 4.62. The van der Waals surface area contributed by atoms with Crippen molar-refractivity contribution in [2.75, 3.05) is 25.0 Å². The third kappa shape index (κ3) is 2.58. The molecule has 3 rings (SSSR count). The Morgan fingerprint density at radius 2 is 2.10 bits per heavy atom. The predicted octanol–water partition coefficient (Wildman–Crippen LogP) is 1.55. The summed E-state index contributed by atoms with van der Waals surface area (Å²) in [5, 5.41) is 0. The smallest absolute Gasteiger partial charge is 0.119 e. The molecule has 0 amide bonds. The molecule has 0 radical (unpaired) electrons. The summed E-state index contributed by atoms with van der Waals surface area (Å²) in [6.45, 7) is 1.13. The van der Waals surface area contributed by atoms with Crippen LogP contribution in [0.4, 0.5) is 10.1 Å². The molecule has 2 unspecified atom stereocenters. The van der Waals surface area contributed by atoms with E-state index in [-0.39, 0.29) is 0 Å². The highest BCUT2D eigenvalue weighted by Crippen LogP contribution is 2.28. The molecule has 110 valence electrons. The Morgan fingerprint density at radius 3 is 2.81 bits per heavy atom. The van der Waals surface area contributed by atoms with Gasteiger partial charge in [0.2, 0.25) is 0 Å².